The summed E-state index contributed by atoms with van der Waals surface area (Å²) < 4.78 is 341. The highest BCUT2D eigenvalue weighted by atomic mass is 32.2. The van der Waals surface area contributed by atoms with Gasteiger partial charge in [-0.2, -0.15) is 127 Å². The van der Waals surface area contributed by atoms with Crippen LogP contribution in [0.1, 0.15) is 66.0 Å². The van der Waals surface area contributed by atoms with Crippen molar-refractivity contribution < 1.29 is 110 Å². The van der Waals surface area contributed by atoms with Crippen LogP contribution in [0.15, 0.2) is 127 Å². The highest BCUT2D eigenvalue weighted by Gasteiger charge is 2.47. The molecule has 0 spiro atoms. The number of ketones is 1. The zero-order valence-corrected chi connectivity index (χ0v) is 38.1. The lowest BCUT2D eigenvalue weighted by Crippen LogP contribution is -2.75. The van der Waals surface area contributed by atoms with Crippen molar-refractivity contribution in [2.45, 2.75) is 55.2 Å². The number of hydrogen-bond donors (Lipinski definition) is 0. The molecule has 0 saturated carbocycles. The van der Waals surface area contributed by atoms with Crippen LogP contribution in [0.3, 0.4) is 0 Å². The monoisotopic (exact) mass is 1120 g/mol. The molecule has 0 aliphatic heterocycles. The second-order valence-electron chi connectivity index (χ2n) is 16.7. The summed E-state index contributed by atoms with van der Waals surface area (Å²) in [5.41, 5.74) is -27.5. The van der Waals surface area contributed by atoms with E-state index in [0.717, 1.165) is 22.4 Å². The van der Waals surface area contributed by atoms with Crippen molar-refractivity contribution >= 4 is 44.7 Å². The first-order valence-electron chi connectivity index (χ1n) is 20.5. The molecule has 1 nitrogen and oxygen atoms in total. The van der Waals surface area contributed by atoms with Crippen molar-refractivity contribution in [1.29, 1.82) is 0 Å². The Morgan fingerprint density at radius 3 is 0.800 bits per heavy atom. The summed E-state index contributed by atoms with van der Waals surface area (Å²) >= 11 is 0. The van der Waals surface area contributed by atoms with Crippen molar-refractivity contribution in [2.24, 2.45) is 0 Å². The van der Waals surface area contributed by atoms with Gasteiger partial charge in [0.15, 0.2) is 5.78 Å². The van der Waals surface area contributed by atoms with Gasteiger partial charge in [-0.25, -0.2) is 0 Å². The first-order chi connectivity index (χ1) is 33.9. The van der Waals surface area contributed by atoms with Gasteiger partial charge < -0.3 is 0 Å². The molecule has 404 valence electrons. The summed E-state index contributed by atoms with van der Waals surface area (Å²) in [6.07, 6.45) is -50.4. The van der Waals surface area contributed by atoms with E-state index in [-0.39, 0.29) is 5.78 Å². The highest BCUT2D eigenvalue weighted by Crippen LogP contribution is 2.41. The standard InChI is InChI=1S/C32H12BF24.C16H17OS/c34-25(35,36)13-1-14(26(37,38)39)6-21(5-13)33(22-7-15(27(40,41)42)2-16(8-22)28(43,44)45,23-9-17(29(46,47)48)3-18(10-23)30(49,50)51)24-11-19(31(52,53)54)4-20(12-24)32(55,56)57;1-18(2)12-14-10-6-7-11-15(14)16(17)13-8-4-3-5-9-13/h1-12H;3-11H,12H2,1-2H3/q-1;+1. The van der Waals surface area contributed by atoms with Crippen LogP contribution in [-0.4, -0.2) is 24.4 Å². The van der Waals surface area contributed by atoms with E-state index in [4.69, 9.17) is 0 Å². The Morgan fingerprint density at radius 2 is 0.573 bits per heavy atom. The molecule has 0 heterocycles. The summed E-state index contributed by atoms with van der Waals surface area (Å²) in [5, 5.41) is 0. The third kappa shape index (κ3) is 14.0. The Balaban J connectivity index is 0.000000483. The van der Waals surface area contributed by atoms with Crippen LogP contribution >= 0.6 is 0 Å². The fraction of sp³-hybridized carbons (Fsp3) is 0.229. The number of carbonyl (C=O) groups excluding carboxylic acids is 1. The predicted octanol–water partition coefficient (Wildman–Crippen LogP) is 14.5. The average molecular weight is 1120 g/mol. The summed E-state index contributed by atoms with van der Waals surface area (Å²) in [6.45, 7) is 0. The molecular formula is C48H29BF24OS. The zero-order valence-electron chi connectivity index (χ0n) is 37.3. The molecule has 0 aromatic heterocycles. The van der Waals surface area contributed by atoms with Gasteiger partial charge in [-0.15, -0.1) is 0 Å². The van der Waals surface area contributed by atoms with Crippen molar-refractivity contribution in [3.63, 3.8) is 0 Å². The first kappa shape index (κ1) is 59.6. The van der Waals surface area contributed by atoms with Gasteiger partial charge in [0.1, 0.15) is 11.9 Å². The molecule has 6 aromatic carbocycles. The largest absolute Gasteiger partial charge is 0.416 e. The van der Waals surface area contributed by atoms with Crippen LogP contribution in [0.5, 0.6) is 0 Å². The smallest absolute Gasteiger partial charge is 0.289 e. The molecule has 0 aliphatic rings. The van der Waals surface area contributed by atoms with E-state index in [0.29, 0.717) is 10.9 Å². The van der Waals surface area contributed by atoms with Crippen molar-refractivity contribution in [1.82, 2.24) is 0 Å². The van der Waals surface area contributed by atoms with Crippen LogP contribution in [0.4, 0.5) is 105 Å². The van der Waals surface area contributed by atoms with Crippen LogP contribution in [0.25, 0.3) is 0 Å². The zero-order chi connectivity index (χ0) is 56.9. The lowest BCUT2D eigenvalue weighted by molar-refractivity contribution is -0.144. The molecule has 0 amide bonds. The van der Waals surface area contributed by atoms with Crippen LogP contribution in [-0.2, 0) is 66.1 Å². The van der Waals surface area contributed by atoms with E-state index >= 15 is 0 Å². The van der Waals surface area contributed by atoms with Gasteiger partial charge in [0, 0.05) is 16.7 Å². The van der Waals surface area contributed by atoms with Gasteiger partial charge in [0.25, 0.3) is 0 Å². The minimum atomic E-state index is -6.13. The first-order valence-corrected chi connectivity index (χ1v) is 22.7. The quantitative estimate of drug-likeness (QED) is 0.0642. The van der Waals surface area contributed by atoms with Crippen LogP contribution in [0, 0.1) is 0 Å². The molecular weight excluding hydrogens is 1090 g/mol. The summed E-state index contributed by atoms with van der Waals surface area (Å²) in [6, 6.07) is 8.59. The van der Waals surface area contributed by atoms with Crippen molar-refractivity contribution in [3.05, 3.63) is 189 Å². The number of halogens is 24. The number of carbonyl (C=O) groups is 1. The maximum absolute atomic E-state index is 14.2. The molecule has 0 unspecified atom stereocenters. The fourth-order valence-corrected chi connectivity index (χ4v) is 8.87. The van der Waals surface area contributed by atoms with Gasteiger partial charge in [-0.3, -0.25) is 4.79 Å². The van der Waals surface area contributed by atoms with E-state index in [2.05, 4.69) is 18.6 Å². The molecule has 0 aliphatic carbocycles. The van der Waals surface area contributed by atoms with E-state index in [1.165, 1.54) is 0 Å². The van der Waals surface area contributed by atoms with E-state index < -0.39 is 195 Å². The normalized spacial score (nSPS) is 13.4. The van der Waals surface area contributed by atoms with Gasteiger partial charge in [-0.1, -0.05) is 103 Å². The second kappa shape index (κ2) is 20.7. The van der Waals surface area contributed by atoms with E-state index in [1.807, 2.05) is 48.5 Å². The highest BCUT2D eigenvalue weighted by molar-refractivity contribution is 7.94. The van der Waals surface area contributed by atoms with E-state index in [1.54, 1.807) is 0 Å². The van der Waals surface area contributed by atoms with Gasteiger partial charge >= 0.3 is 49.4 Å². The maximum atomic E-state index is 14.2. The average Bonchev–Trinajstić information content (AvgIpc) is 3.27. The molecule has 0 saturated heterocycles. The maximum Gasteiger partial charge on any atom is 0.416 e. The Hall–Kier alpha value is -6.28. The lowest BCUT2D eigenvalue weighted by atomic mass is 9.12. The van der Waals surface area contributed by atoms with Gasteiger partial charge in [0.05, 0.1) is 57.0 Å². The van der Waals surface area contributed by atoms with Crippen molar-refractivity contribution in [3.8, 4) is 0 Å². The number of alkyl halides is 24. The number of hydrogen-bond acceptors (Lipinski definition) is 1. The van der Waals surface area contributed by atoms with E-state index in [9.17, 15) is 110 Å². The molecule has 0 bridgehead atoms. The summed E-state index contributed by atoms with van der Waals surface area (Å²) in [4.78, 5) is 12.5. The Morgan fingerprint density at radius 1 is 0.347 bits per heavy atom. The Kier molecular flexibility index (Phi) is 16.4. The molecule has 0 atom stereocenters. The molecule has 0 N–H and O–H groups in total. The summed E-state index contributed by atoms with van der Waals surface area (Å²) in [7, 11) is 0.298. The minimum Gasteiger partial charge on any atom is -0.289 e. The van der Waals surface area contributed by atoms with Crippen molar-refractivity contribution in [2.75, 3.05) is 12.5 Å². The lowest BCUT2D eigenvalue weighted by Gasteiger charge is -2.46. The van der Waals surface area contributed by atoms with Gasteiger partial charge in [-0.05, 0) is 35.2 Å². The SMILES string of the molecule is C[S+](C)Cc1ccccc1C(=O)c1ccccc1.FC(F)(F)c1cc([B-](c2cc(C(F)(F)F)cc(C(F)(F)F)c2)(c2cc(C(F)(F)F)cc(C(F)(F)F)c2)c2cc(C(F)(F)F)cc(C(F)(F)F)c2)cc(C(F)(F)F)c1. The van der Waals surface area contributed by atoms with Crippen LogP contribution < -0.4 is 21.9 Å². The molecule has 6 rings (SSSR count). The molecule has 0 radical (unpaired) electrons. The Bertz CT molecular complexity index is 2570. The second-order valence-corrected chi connectivity index (χ2v) is 19.0. The molecule has 75 heavy (non-hydrogen) atoms. The minimum absolute atomic E-state index is 0.122. The van der Waals surface area contributed by atoms with Gasteiger partial charge in [0.2, 0.25) is 0 Å². The fourth-order valence-electron chi connectivity index (χ4n) is 7.99. The Labute approximate surface area is 410 Å². The summed E-state index contributed by atoms with van der Waals surface area (Å²) in [5.74, 6) is 1.09. The van der Waals surface area contributed by atoms with Crippen LogP contribution in [0.2, 0.25) is 0 Å². The predicted molar refractivity (Wildman–Crippen MR) is 229 cm³/mol. The molecule has 6 aromatic rings. The third-order valence-electron chi connectivity index (χ3n) is 11.2. The topological polar surface area (TPSA) is 17.1 Å². The molecule has 27 heteroatoms. The number of rotatable bonds is 8. The third-order valence-corrected chi connectivity index (χ3v) is 12.1. The number of benzene rings is 6. The molecule has 0 fully saturated rings.